The highest BCUT2D eigenvalue weighted by molar-refractivity contribution is 7.99. The number of amides is 1. The van der Waals surface area contributed by atoms with Crippen molar-refractivity contribution in [2.75, 3.05) is 5.75 Å². The largest absolute Gasteiger partial charge is 0.467 e. The van der Waals surface area contributed by atoms with Crippen LogP contribution in [0.1, 0.15) is 25.6 Å². The number of carbonyl (C=O) groups excluding carboxylic acids is 1. The minimum absolute atomic E-state index is 0.0834. The Bertz CT molecular complexity index is 934. The summed E-state index contributed by atoms with van der Waals surface area (Å²) < 4.78 is 6.87. The van der Waals surface area contributed by atoms with Gasteiger partial charge < -0.3 is 9.73 Å². The smallest absolute Gasteiger partial charge is 0.262 e. The number of aromatic nitrogens is 2. The van der Waals surface area contributed by atoms with Gasteiger partial charge in [-0.3, -0.25) is 14.2 Å². The lowest BCUT2D eigenvalue weighted by molar-refractivity contribution is -0.119. The van der Waals surface area contributed by atoms with Gasteiger partial charge in [0.05, 0.1) is 29.0 Å². The van der Waals surface area contributed by atoms with E-state index in [9.17, 15) is 9.59 Å². The summed E-state index contributed by atoms with van der Waals surface area (Å²) >= 11 is 1.26. The van der Waals surface area contributed by atoms with Gasteiger partial charge in [-0.05, 0) is 38.1 Å². The summed E-state index contributed by atoms with van der Waals surface area (Å²) in [5, 5.41) is 4.01. The third-order valence-corrected chi connectivity index (χ3v) is 4.80. The monoisotopic (exact) mass is 357 g/mol. The van der Waals surface area contributed by atoms with E-state index in [0.29, 0.717) is 28.4 Å². The van der Waals surface area contributed by atoms with Crippen LogP contribution in [0.2, 0.25) is 0 Å². The van der Waals surface area contributed by atoms with E-state index in [0.717, 1.165) is 0 Å². The molecule has 0 radical (unpaired) electrons. The number of hydrogen-bond donors (Lipinski definition) is 1. The molecular formula is C18H19N3O3S. The van der Waals surface area contributed by atoms with Crippen molar-refractivity contribution in [1.29, 1.82) is 0 Å². The Morgan fingerprint density at radius 3 is 2.84 bits per heavy atom. The highest BCUT2D eigenvalue weighted by atomic mass is 32.2. The first-order valence-electron chi connectivity index (χ1n) is 8.05. The highest BCUT2D eigenvalue weighted by Crippen LogP contribution is 2.18. The molecular weight excluding hydrogens is 338 g/mol. The van der Waals surface area contributed by atoms with E-state index in [1.807, 2.05) is 32.0 Å². The molecule has 0 aliphatic heterocycles. The van der Waals surface area contributed by atoms with Crippen LogP contribution in [-0.4, -0.2) is 21.2 Å². The number of benzene rings is 1. The van der Waals surface area contributed by atoms with Gasteiger partial charge in [0.2, 0.25) is 5.91 Å². The second-order valence-corrected chi connectivity index (χ2v) is 6.50. The average molecular weight is 357 g/mol. The average Bonchev–Trinajstić information content (AvgIpc) is 3.15. The van der Waals surface area contributed by atoms with Gasteiger partial charge in [0.1, 0.15) is 5.76 Å². The molecule has 2 aromatic heterocycles. The van der Waals surface area contributed by atoms with E-state index in [4.69, 9.17) is 4.42 Å². The van der Waals surface area contributed by atoms with Crippen LogP contribution in [0.5, 0.6) is 0 Å². The summed E-state index contributed by atoms with van der Waals surface area (Å²) in [5.41, 5.74) is 0.559. The molecule has 3 rings (SSSR count). The predicted octanol–water partition coefficient (Wildman–Crippen LogP) is 2.98. The van der Waals surface area contributed by atoms with Crippen molar-refractivity contribution in [2.45, 2.75) is 31.6 Å². The van der Waals surface area contributed by atoms with Gasteiger partial charge in [-0.15, -0.1) is 0 Å². The summed E-state index contributed by atoms with van der Waals surface area (Å²) in [4.78, 5) is 29.3. The Labute approximate surface area is 149 Å². The SMILES string of the molecule is CCn1c(SCC(=O)N[C@H](C)c2ccco2)nc2ccccc2c1=O. The minimum atomic E-state index is -0.207. The first-order chi connectivity index (χ1) is 12.1. The molecule has 7 heteroatoms. The summed E-state index contributed by atoms with van der Waals surface area (Å²) in [5.74, 6) is 0.738. The molecule has 1 atom stereocenters. The van der Waals surface area contributed by atoms with Crippen LogP contribution >= 0.6 is 11.8 Å². The number of para-hydroxylation sites is 1. The van der Waals surface area contributed by atoms with Crippen LogP contribution in [0.3, 0.4) is 0 Å². The maximum Gasteiger partial charge on any atom is 0.262 e. The van der Waals surface area contributed by atoms with E-state index >= 15 is 0 Å². The third kappa shape index (κ3) is 3.76. The zero-order valence-corrected chi connectivity index (χ0v) is 14.9. The maximum atomic E-state index is 12.6. The molecule has 0 bridgehead atoms. The number of furan rings is 1. The quantitative estimate of drug-likeness (QED) is 0.542. The lowest BCUT2D eigenvalue weighted by Crippen LogP contribution is -2.29. The minimum Gasteiger partial charge on any atom is -0.467 e. The topological polar surface area (TPSA) is 77.1 Å². The third-order valence-electron chi connectivity index (χ3n) is 3.82. The van der Waals surface area contributed by atoms with Crippen LogP contribution in [0.25, 0.3) is 10.9 Å². The second-order valence-electron chi connectivity index (χ2n) is 5.55. The fraction of sp³-hybridized carbons (Fsp3) is 0.278. The summed E-state index contributed by atoms with van der Waals surface area (Å²) in [6.07, 6.45) is 1.58. The summed E-state index contributed by atoms with van der Waals surface area (Å²) in [6, 6.07) is 10.6. The van der Waals surface area contributed by atoms with E-state index in [1.54, 1.807) is 29.0 Å². The van der Waals surface area contributed by atoms with Crippen LogP contribution in [0.15, 0.2) is 57.0 Å². The van der Waals surface area contributed by atoms with Gasteiger partial charge in [0, 0.05) is 6.54 Å². The van der Waals surface area contributed by atoms with Crippen molar-refractivity contribution in [2.24, 2.45) is 0 Å². The molecule has 1 aromatic carbocycles. The number of nitrogens with zero attached hydrogens (tertiary/aromatic N) is 2. The molecule has 0 unspecified atom stereocenters. The first kappa shape index (κ1) is 17.3. The molecule has 130 valence electrons. The van der Waals surface area contributed by atoms with Crippen molar-refractivity contribution >= 4 is 28.6 Å². The lowest BCUT2D eigenvalue weighted by atomic mass is 10.2. The molecule has 0 saturated heterocycles. The van der Waals surface area contributed by atoms with Gasteiger partial charge in [0.15, 0.2) is 5.16 Å². The maximum absolute atomic E-state index is 12.6. The van der Waals surface area contributed by atoms with Crippen molar-refractivity contribution in [3.8, 4) is 0 Å². The van der Waals surface area contributed by atoms with Crippen LogP contribution in [-0.2, 0) is 11.3 Å². The molecule has 2 heterocycles. The van der Waals surface area contributed by atoms with E-state index in [1.165, 1.54) is 11.8 Å². The molecule has 0 saturated carbocycles. The van der Waals surface area contributed by atoms with Crippen LogP contribution in [0, 0.1) is 0 Å². The Kier molecular flexibility index (Phi) is 5.23. The van der Waals surface area contributed by atoms with Crippen molar-refractivity contribution in [1.82, 2.24) is 14.9 Å². The number of hydrogen-bond acceptors (Lipinski definition) is 5. The molecule has 0 aliphatic rings. The predicted molar refractivity (Wildman–Crippen MR) is 97.7 cm³/mol. The zero-order chi connectivity index (χ0) is 17.8. The fourth-order valence-corrected chi connectivity index (χ4v) is 3.43. The Morgan fingerprint density at radius 1 is 1.32 bits per heavy atom. The van der Waals surface area contributed by atoms with Crippen molar-refractivity contribution in [3.05, 3.63) is 58.8 Å². The molecule has 25 heavy (non-hydrogen) atoms. The van der Waals surface area contributed by atoms with Crippen molar-refractivity contribution in [3.63, 3.8) is 0 Å². The lowest BCUT2D eigenvalue weighted by Gasteiger charge is -2.13. The Balaban J connectivity index is 1.74. The molecule has 0 spiro atoms. The van der Waals surface area contributed by atoms with E-state index in [-0.39, 0.29) is 23.3 Å². The number of thioether (sulfide) groups is 1. The molecule has 3 aromatic rings. The fourth-order valence-electron chi connectivity index (χ4n) is 2.56. The molecule has 0 fully saturated rings. The zero-order valence-electron chi connectivity index (χ0n) is 14.1. The number of rotatable bonds is 6. The highest BCUT2D eigenvalue weighted by Gasteiger charge is 2.15. The molecule has 1 amide bonds. The van der Waals surface area contributed by atoms with Gasteiger partial charge in [-0.2, -0.15) is 0 Å². The van der Waals surface area contributed by atoms with Gasteiger partial charge in [0.25, 0.3) is 5.56 Å². The summed E-state index contributed by atoms with van der Waals surface area (Å²) in [7, 11) is 0. The van der Waals surface area contributed by atoms with Crippen molar-refractivity contribution < 1.29 is 9.21 Å². The number of carbonyl (C=O) groups is 1. The van der Waals surface area contributed by atoms with Gasteiger partial charge in [-0.25, -0.2) is 4.98 Å². The summed E-state index contributed by atoms with van der Waals surface area (Å²) in [6.45, 7) is 4.25. The Hall–Kier alpha value is -2.54. The number of nitrogens with one attached hydrogen (secondary N) is 1. The molecule has 1 N–H and O–H groups in total. The normalized spacial score (nSPS) is 12.2. The second kappa shape index (κ2) is 7.57. The molecule has 0 aliphatic carbocycles. The van der Waals surface area contributed by atoms with E-state index < -0.39 is 0 Å². The van der Waals surface area contributed by atoms with Gasteiger partial charge in [-0.1, -0.05) is 23.9 Å². The number of fused-ring (bicyclic) bond motifs is 1. The van der Waals surface area contributed by atoms with Crippen LogP contribution in [0.4, 0.5) is 0 Å². The Morgan fingerprint density at radius 2 is 2.12 bits per heavy atom. The van der Waals surface area contributed by atoms with Gasteiger partial charge >= 0.3 is 0 Å². The first-order valence-corrected chi connectivity index (χ1v) is 9.04. The standard InChI is InChI=1S/C18H19N3O3S/c1-3-21-17(23)13-7-4-5-8-14(13)20-18(21)25-11-16(22)19-12(2)15-9-6-10-24-15/h4-10,12H,3,11H2,1-2H3,(H,19,22)/t12-/m1/s1. The van der Waals surface area contributed by atoms with Crippen LogP contribution < -0.4 is 10.9 Å². The van der Waals surface area contributed by atoms with E-state index in [2.05, 4.69) is 10.3 Å². The molecule has 6 nitrogen and oxygen atoms in total.